The topological polar surface area (TPSA) is 61.8 Å². The molecule has 1 aromatic carbocycles. The van der Waals surface area contributed by atoms with E-state index in [0.717, 1.165) is 11.3 Å². The van der Waals surface area contributed by atoms with E-state index in [2.05, 4.69) is 0 Å². The summed E-state index contributed by atoms with van der Waals surface area (Å²) >= 11 is 5.93. The fourth-order valence-corrected chi connectivity index (χ4v) is 2.53. The number of carbonyl (C=O) groups is 2. The Bertz CT molecular complexity index is 556. The average Bonchev–Trinajstić information content (AvgIpc) is 2.83. The van der Waals surface area contributed by atoms with Crippen molar-refractivity contribution in [1.29, 1.82) is 0 Å². The molecule has 0 unspecified atom stereocenters. The van der Waals surface area contributed by atoms with Gasteiger partial charge in [0.1, 0.15) is 12.4 Å². The van der Waals surface area contributed by atoms with Crippen molar-refractivity contribution in [2.75, 3.05) is 13.2 Å². The highest BCUT2D eigenvalue weighted by Gasteiger charge is 2.34. The first-order valence-electron chi connectivity index (χ1n) is 6.42. The SMILES string of the molecule is O=C(O[C@@H]1CCOC1=O)[C@H]1COc2ccc(Cl)cc2C1. The lowest BCUT2D eigenvalue weighted by molar-refractivity contribution is -0.164. The normalized spacial score (nSPS) is 24.6. The molecule has 1 saturated heterocycles. The number of benzene rings is 1. The van der Waals surface area contributed by atoms with Gasteiger partial charge in [0.25, 0.3) is 0 Å². The van der Waals surface area contributed by atoms with Gasteiger partial charge in [-0.1, -0.05) is 11.6 Å². The summed E-state index contributed by atoms with van der Waals surface area (Å²) in [5.41, 5.74) is 0.875. The zero-order chi connectivity index (χ0) is 14.1. The predicted molar refractivity (Wildman–Crippen MR) is 69.6 cm³/mol. The quantitative estimate of drug-likeness (QED) is 0.778. The maximum absolute atomic E-state index is 12.1. The van der Waals surface area contributed by atoms with Gasteiger partial charge in [0.15, 0.2) is 0 Å². The molecule has 5 nitrogen and oxygen atoms in total. The van der Waals surface area contributed by atoms with Crippen LogP contribution in [-0.4, -0.2) is 31.3 Å². The van der Waals surface area contributed by atoms with Crippen LogP contribution in [0, 0.1) is 5.92 Å². The molecule has 2 aliphatic rings. The molecular formula is C14H13ClO5. The lowest BCUT2D eigenvalue weighted by atomic mass is 9.97. The van der Waals surface area contributed by atoms with Crippen LogP contribution in [0.5, 0.6) is 5.75 Å². The summed E-state index contributed by atoms with van der Waals surface area (Å²) in [6, 6.07) is 5.31. The van der Waals surface area contributed by atoms with Gasteiger partial charge in [0, 0.05) is 11.4 Å². The fraction of sp³-hybridized carbons (Fsp3) is 0.429. The third-order valence-electron chi connectivity index (χ3n) is 3.41. The van der Waals surface area contributed by atoms with Crippen LogP contribution < -0.4 is 4.74 Å². The van der Waals surface area contributed by atoms with E-state index in [1.807, 2.05) is 0 Å². The molecular weight excluding hydrogens is 284 g/mol. The molecule has 2 aliphatic heterocycles. The van der Waals surface area contributed by atoms with Crippen LogP contribution in [0.15, 0.2) is 18.2 Å². The zero-order valence-electron chi connectivity index (χ0n) is 10.6. The van der Waals surface area contributed by atoms with Gasteiger partial charge < -0.3 is 14.2 Å². The molecule has 2 heterocycles. The Morgan fingerprint density at radius 2 is 2.20 bits per heavy atom. The summed E-state index contributed by atoms with van der Waals surface area (Å²) in [6.07, 6.45) is 0.139. The van der Waals surface area contributed by atoms with Gasteiger partial charge in [0.2, 0.25) is 6.10 Å². The van der Waals surface area contributed by atoms with Crippen LogP contribution in [-0.2, 0) is 25.5 Å². The van der Waals surface area contributed by atoms with E-state index in [1.54, 1.807) is 18.2 Å². The highest BCUT2D eigenvalue weighted by atomic mass is 35.5. The predicted octanol–water partition coefficient (Wildman–Crippen LogP) is 1.75. The smallest absolute Gasteiger partial charge is 0.347 e. The fourth-order valence-electron chi connectivity index (χ4n) is 2.34. The van der Waals surface area contributed by atoms with Gasteiger partial charge in [0.05, 0.1) is 12.5 Å². The van der Waals surface area contributed by atoms with Crippen LogP contribution in [0.4, 0.5) is 0 Å². The Morgan fingerprint density at radius 3 is 2.95 bits per heavy atom. The Hall–Kier alpha value is -1.75. The van der Waals surface area contributed by atoms with E-state index < -0.39 is 24.0 Å². The Balaban J connectivity index is 1.67. The molecule has 3 rings (SSSR count). The third-order valence-corrected chi connectivity index (χ3v) is 3.64. The summed E-state index contributed by atoms with van der Waals surface area (Å²) in [6.45, 7) is 0.547. The Kier molecular flexibility index (Phi) is 3.53. The van der Waals surface area contributed by atoms with Crippen LogP contribution >= 0.6 is 11.6 Å². The maximum atomic E-state index is 12.1. The van der Waals surface area contributed by atoms with E-state index in [0.29, 0.717) is 24.5 Å². The van der Waals surface area contributed by atoms with Crippen molar-refractivity contribution in [3.63, 3.8) is 0 Å². The molecule has 0 spiro atoms. The summed E-state index contributed by atoms with van der Waals surface area (Å²) in [4.78, 5) is 23.3. The molecule has 20 heavy (non-hydrogen) atoms. The number of carbonyl (C=O) groups excluding carboxylic acids is 2. The lowest BCUT2D eigenvalue weighted by Gasteiger charge is -2.24. The minimum atomic E-state index is -0.775. The zero-order valence-corrected chi connectivity index (χ0v) is 11.4. The molecule has 1 aromatic rings. The molecule has 0 radical (unpaired) electrons. The Labute approximate surface area is 120 Å². The van der Waals surface area contributed by atoms with Crippen molar-refractivity contribution in [2.24, 2.45) is 5.92 Å². The van der Waals surface area contributed by atoms with Crippen LogP contribution in [0.3, 0.4) is 0 Å². The first-order valence-corrected chi connectivity index (χ1v) is 6.79. The highest BCUT2D eigenvalue weighted by Crippen LogP contribution is 2.30. The van der Waals surface area contributed by atoms with Crippen molar-refractivity contribution < 1.29 is 23.8 Å². The van der Waals surface area contributed by atoms with Crippen molar-refractivity contribution >= 4 is 23.5 Å². The molecule has 0 amide bonds. The standard InChI is InChI=1S/C14H13ClO5/c15-10-1-2-11-8(6-10)5-9(7-19-11)13(16)20-12-3-4-18-14(12)17/h1-2,6,9,12H,3-5,7H2/t9-,12-/m1/s1. The number of rotatable bonds is 2. The number of ether oxygens (including phenoxy) is 3. The van der Waals surface area contributed by atoms with E-state index in [9.17, 15) is 9.59 Å². The van der Waals surface area contributed by atoms with Gasteiger partial charge in [-0.05, 0) is 30.2 Å². The third kappa shape index (κ3) is 2.58. The minimum absolute atomic E-state index is 0.245. The number of hydrogen-bond donors (Lipinski definition) is 0. The molecule has 1 fully saturated rings. The van der Waals surface area contributed by atoms with Crippen LogP contribution in [0.1, 0.15) is 12.0 Å². The van der Waals surface area contributed by atoms with E-state index in [-0.39, 0.29) is 6.61 Å². The second kappa shape index (κ2) is 5.32. The lowest BCUT2D eigenvalue weighted by Crippen LogP contribution is -2.33. The molecule has 0 N–H and O–H groups in total. The summed E-state index contributed by atoms with van der Waals surface area (Å²) in [7, 11) is 0. The number of hydrogen-bond acceptors (Lipinski definition) is 5. The van der Waals surface area contributed by atoms with Crippen LogP contribution in [0.25, 0.3) is 0 Å². The van der Waals surface area contributed by atoms with E-state index >= 15 is 0 Å². The van der Waals surface area contributed by atoms with Crippen LogP contribution in [0.2, 0.25) is 5.02 Å². The number of halogens is 1. The monoisotopic (exact) mass is 296 g/mol. The highest BCUT2D eigenvalue weighted by molar-refractivity contribution is 6.30. The maximum Gasteiger partial charge on any atom is 0.347 e. The average molecular weight is 297 g/mol. The van der Waals surface area contributed by atoms with Gasteiger partial charge in [-0.15, -0.1) is 0 Å². The molecule has 2 atom stereocenters. The number of fused-ring (bicyclic) bond motifs is 1. The van der Waals surface area contributed by atoms with Crippen molar-refractivity contribution in [3.05, 3.63) is 28.8 Å². The second-order valence-corrected chi connectivity index (χ2v) is 5.28. The number of esters is 2. The molecule has 0 saturated carbocycles. The van der Waals surface area contributed by atoms with Gasteiger partial charge in [-0.3, -0.25) is 4.79 Å². The molecule has 106 valence electrons. The van der Waals surface area contributed by atoms with Crippen molar-refractivity contribution in [1.82, 2.24) is 0 Å². The van der Waals surface area contributed by atoms with Gasteiger partial charge in [-0.2, -0.15) is 0 Å². The summed E-state index contributed by atoms with van der Waals surface area (Å²) < 4.78 is 15.5. The van der Waals surface area contributed by atoms with E-state index in [4.69, 9.17) is 25.8 Å². The van der Waals surface area contributed by atoms with Gasteiger partial charge in [-0.25, -0.2) is 4.79 Å². The van der Waals surface area contributed by atoms with E-state index in [1.165, 1.54) is 0 Å². The van der Waals surface area contributed by atoms with Gasteiger partial charge >= 0.3 is 11.9 Å². The number of cyclic esters (lactones) is 1. The first kappa shape index (κ1) is 13.2. The molecule has 0 aliphatic carbocycles. The molecule has 0 bridgehead atoms. The molecule has 0 aromatic heterocycles. The Morgan fingerprint density at radius 1 is 1.35 bits per heavy atom. The summed E-state index contributed by atoms with van der Waals surface area (Å²) in [5.74, 6) is -0.592. The second-order valence-electron chi connectivity index (χ2n) is 4.85. The van der Waals surface area contributed by atoms with Crippen molar-refractivity contribution in [2.45, 2.75) is 18.9 Å². The van der Waals surface area contributed by atoms with Crippen molar-refractivity contribution in [3.8, 4) is 5.75 Å². The molecule has 6 heteroatoms. The first-order chi connectivity index (χ1) is 9.63. The largest absolute Gasteiger partial charge is 0.492 e. The summed E-state index contributed by atoms with van der Waals surface area (Å²) in [5, 5.41) is 0.598. The minimum Gasteiger partial charge on any atom is -0.492 e.